The quantitative estimate of drug-likeness (QED) is 0.376. The fraction of sp³-hybridized carbons (Fsp3) is 0.190. The van der Waals surface area contributed by atoms with Gasteiger partial charge in [-0.3, -0.25) is 4.79 Å². The highest BCUT2D eigenvalue weighted by Crippen LogP contribution is 2.28. The van der Waals surface area contributed by atoms with Gasteiger partial charge in [-0.05, 0) is 36.8 Å². The van der Waals surface area contributed by atoms with Crippen LogP contribution in [0, 0.1) is 6.92 Å². The molecule has 3 rings (SSSR count). The number of thioether (sulfide) groups is 1. The van der Waals surface area contributed by atoms with Crippen molar-refractivity contribution in [2.75, 3.05) is 0 Å². The predicted octanol–water partition coefficient (Wildman–Crippen LogP) is 5.30. The van der Waals surface area contributed by atoms with Gasteiger partial charge >= 0.3 is 0 Å². The molecule has 0 radical (unpaired) electrons. The van der Waals surface area contributed by atoms with E-state index in [1.165, 1.54) is 11.8 Å². The van der Waals surface area contributed by atoms with Crippen LogP contribution < -0.4 is 5.32 Å². The van der Waals surface area contributed by atoms with Crippen LogP contribution >= 0.6 is 35.0 Å². The lowest BCUT2D eigenvalue weighted by atomic mass is 10.1. The minimum Gasteiger partial charge on any atom is -0.345 e. The van der Waals surface area contributed by atoms with Gasteiger partial charge in [-0.15, -0.1) is 16.8 Å². The monoisotopic (exact) mass is 446 g/mol. The summed E-state index contributed by atoms with van der Waals surface area (Å²) in [6.45, 7) is 6.60. The Bertz CT molecular complexity index is 1020. The van der Waals surface area contributed by atoms with Crippen molar-refractivity contribution in [3.05, 3.63) is 87.7 Å². The SMILES string of the molecule is C=CCn1c(CNC(=O)c2ccc(C)cc2)nnc1SCc1ccc(Cl)cc1Cl. The zero-order valence-corrected chi connectivity index (χ0v) is 18.2. The molecule has 0 unspecified atom stereocenters. The predicted molar refractivity (Wildman–Crippen MR) is 119 cm³/mol. The van der Waals surface area contributed by atoms with Gasteiger partial charge in [0.25, 0.3) is 5.91 Å². The van der Waals surface area contributed by atoms with Gasteiger partial charge in [-0.1, -0.05) is 64.8 Å². The van der Waals surface area contributed by atoms with Crippen LogP contribution in [0.15, 0.2) is 60.3 Å². The molecule has 1 heterocycles. The summed E-state index contributed by atoms with van der Waals surface area (Å²) < 4.78 is 1.93. The minimum atomic E-state index is -0.152. The summed E-state index contributed by atoms with van der Waals surface area (Å²) >= 11 is 13.7. The molecule has 29 heavy (non-hydrogen) atoms. The second kappa shape index (κ2) is 9.96. The van der Waals surface area contributed by atoms with Crippen LogP contribution in [-0.2, 0) is 18.8 Å². The highest BCUT2D eigenvalue weighted by molar-refractivity contribution is 7.98. The van der Waals surface area contributed by atoms with E-state index in [1.54, 1.807) is 24.3 Å². The zero-order chi connectivity index (χ0) is 20.8. The number of carbonyl (C=O) groups is 1. The number of aryl methyl sites for hydroxylation is 1. The first-order valence-electron chi connectivity index (χ1n) is 8.92. The van der Waals surface area contributed by atoms with Gasteiger partial charge in [0.15, 0.2) is 11.0 Å². The van der Waals surface area contributed by atoms with Crippen LogP contribution in [0.4, 0.5) is 0 Å². The summed E-state index contributed by atoms with van der Waals surface area (Å²) in [5, 5.41) is 13.4. The van der Waals surface area contributed by atoms with E-state index in [2.05, 4.69) is 22.1 Å². The van der Waals surface area contributed by atoms with Crippen molar-refractivity contribution in [1.29, 1.82) is 0 Å². The third-order valence-electron chi connectivity index (χ3n) is 4.20. The molecule has 2 aromatic carbocycles. The molecule has 8 heteroatoms. The number of aromatic nitrogens is 3. The van der Waals surface area contributed by atoms with E-state index in [0.29, 0.717) is 33.7 Å². The zero-order valence-electron chi connectivity index (χ0n) is 15.9. The van der Waals surface area contributed by atoms with Crippen LogP contribution in [0.5, 0.6) is 0 Å². The number of halogens is 2. The largest absolute Gasteiger partial charge is 0.345 e. The number of hydrogen-bond acceptors (Lipinski definition) is 4. The molecule has 0 saturated heterocycles. The molecule has 0 saturated carbocycles. The Kier molecular flexibility index (Phi) is 7.36. The van der Waals surface area contributed by atoms with Crippen LogP contribution in [0.1, 0.15) is 27.3 Å². The van der Waals surface area contributed by atoms with Crippen LogP contribution in [0.2, 0.25) is 10.0 Å². The third-order valence-corrected chi connectivity index (χ3v) is 5.80. The third kappa shape index (κ3) is 5.63. The highest BCUT2D eigenvalue weighted by atomic mass is 35.5. The second-order valence-corrected chi connectivity index (χ2v) is 8.16. The maximum absolute atomic E-state index is 12.4. The Morgan fingerprint density at radius 3 is 2.66 bits per heavy atom. The molecule has 1 N–H and O–H groups in total. The van der Waals surface area contributed by atoms with Crippen molar-refractivity contribution in [3.63, 3.8) is 0 Å². The number of carbonyl (C=O) groups excluding carboxylic acids is 1. The Hall–Kier alpha value is -2.28. The normalized spacial score (nSPS) is 10.7. The molecule has 1 amide bonds. The van der Waals surface area contributed by atoms with Crippen molar-refractivity contribution >= 4 is 40.9 Å². The summed E-state index contributed by atoms with van der Waals surface area (Å²) in [6, 6.07) is 12.8. The summed E-state index contributed by atoms with van der Waals surface area (Å²) in [5.74, 6) is 1.14. The second-order valence-electron chi connectivity index (χ2n) is 6.37. The Labute approximate surface area is 184 Å². The summed E-state index contributed by atoms with van der Waals surface area (Å²) in [4.78, 5) is 12.4. The first kappa shape index (κ1) is 21.4. The van der Waals surface area contributed by atoms with Gasteiger partial charge in [0.2, 0.25) is 0 Å². The average Bonchev–Trinajstić information content (AvgIpc) is 3.08. The Morgan fingerprint density at radius 1 is 1.21 bits per heavy atom. The van der Waals surface area contributed by atoms with Crippen LogP contribution in [0.3, 0.4) is 0 Å². The van der Waals surface area contributed by atoms with Gasteiger partial charge in [-0.25, -0.2) is 0 Å². The lowest BCUT2D eigenvalue weighted by Gasteiger charge is -2.09. The molecule has 0 aliphatic heterocycles. The number of hydrogen-bond donors (Lipinski definition) is 1. The number of amides is 1. The van der Waals surface area contributed by atoms with Crippen LogP contribution in [-0.4, -0.2) is 20.7 Å². The molecular weight excluding hydrogens is 427 g/mol. The molecule has 0 aliphatic carbocycles. The standard InChI is InChI=1S/C21H20Cl2N4OS/c1-3-10-27-19(12-24-20(28)15-6-4-14(2)5-7-15)25-26-21(27)29-13-16-8-9-17(22)11-18(16)23/h3-9,11H,1,10,12-13H2,2H3,(H,24,28). The number of nitrogens with one attached hydrogen (secondary N) is 1. The maximum Gasteiger partial charge on any atom is 0.251 e. The molecule has 0 fully saturated rings. The molecule has 3 aromatic rings. The van der Waals surface area contributed by atoms with E-state index >= 15 is 0 Å². The van der Waals surface area contributed by atoms with E-state index < -0.39 is 0 Å². The van der Waals surface area contributed by atoms with Gasteiger partial charge in [-0.2, -0.15) is 0 Å². The molecule has 0 atom stereocenters. The molecule has 0 bridgehead atoms. The smallest absolute Gasteiger partial charge is 0.251 e. The highest BCUT2D eigenvalue weighted by Gasteiger charge is 2.14. The number of benzene rings is 2. The van der Waals surface area contributed by atoms with Crippen molar-refractivity contribution < 1.29 is 4.79 Å². The Balaban J connectivity index is 1.68. The van der Waals surface area contributed by atoms with E-state index in [4.69, 9.17) is 23.2 Å². The minimum absolute atomic E-state index is 0.152. The fourth-order valence-electron chi connectivity index (χ4n) is 2.62. The molecule has 0 spiro atoms. The average molecular weight is 447 g/mol. The van der Waals surface area contributed by atoms with Gasteiger partial charge in [0, 0.05) is 27.9 Å². The molecule has 1 aromatic heterocycles. The Morgan fingerprint density at radius 2 is 1.97 bits per heavy atom. The summed E-state index contributed by atoms with van der Waals surface area (Å²) in [6.07, 6.45) is 1.77. The first-order valence-corrected chi connectivity index (χ1v) is 10.7. The molecular formula is C21H20Cl2N4OS. The number of nitrogens with zero attached hydrogens (tertiary/aromatic N) is 3. The lowest BCUT2D eigenvalue weighted by molar-refractivity contribution is 0.0949. The number of rotatable bonds is 8. The summed E-state index contributed by atoms with van der Waals surface area (Å²) in [5.41, 5.74) is 2.68. The van der Waals surface area contributed by atoms with Crippen molar-refractivity contribution in [2.24, 2.45) is 0 Å². The topological polar surface area (TPSA) is 59.8 Å². The van der Waals surface area contributed by atoms with Gasteiger partial charge in [0.05, 0.1) is 6.54 Å². The fourth-order valence-corrected chi connectivity index (χ4v) is 4.14. The lowest BCUT2D eigenvalue weighted by Crippen LogP contribution is -2.24. The summed E-state index contributed by atoms with van der Waals surface area (Å²) in [7, 11) is 0. The van der Waals surface area contributed by atoms with Gasteiger partial charge in [0.1, 0.15) is 0 Å². The maximum atomic E-state index is 12.4. The van der Waals surface area contributed by atoms with Crippen molar-refractivity contribution in [3.8, 4) is 0 Å². The van der Waals surface area contributed by atoms with E-state index in [0.717, 1.165) is 16.3 Å². The van der Waals surface area contributed by atoms with E-state index in [1.807, 2.05) is 35.8 Å². The molecule has 0 aliphatic rings. The van der Waals surface area contributed by atoms with Crippen molar-refractivity contribution in [2.45, 2.75) is 30.9 Å². The number of allylic oxidation sites excluding steroid dienone is 1. The van der Waals surface area contributed by atoms with Crippen molar-refractivity contribution in [1.82, 2.24) is 20.1 Å². The molecule has 5 nitrogen and oxygen atoms in total. The van der Waals surface area contributed by atoms with Crippen LogP contribution in [0.25, 0.3) is 0 Å². The molecule has 150 valence electrons. The van der Waals surface area contributed by atoms with E-state index in [9.17, 15) is 4.79 Å². The first-order chi connectivity index (χ1) is 14.0. The van der Waals surface area contributed by atoms with Gasteiger partial charge < -0.3 is 9.88 Å². The van der Waals surface area contributed by atoms with E-state index in [-0.39, 0.29) is 12.5 Å².